The number of carbonyl (C=O) groups is 2. The molecule has 0 atom stereocenters. The third kappa shape index (κ3) is 2.52. The van der Waals surface area contributed by atoms with Gasteiger partial charge in [0.25, 0.3) is 11.8 Å². The molecule has 0 N–H and O–H groups in total. The molecule has 144 valence electrons. The summed E-state index contributed by atoms with van der Waals surface area (Å²) in [6, 6.07) is 5.72. The van der Waals surface area contributed by atoms with Crippen molar-refractivity contribution in [3.8, 4) is 0 Å². The van der Waals surface area contributed by atoms with Gasteiger partial charge in [-0.15, -0.1) is 0 Å². The van der Waals surface area contributed by atoms with Crippen molar-refractivity contribution in [3.05, 3.63) is 49.7 Å². The van der Waals surface area contributed by atoms with Crippen molar-refractivity contribution in [3.63, 3.8) is 0 Å². The minimum atomic E-state index is -0.470. The molecule has 0 saturated carbocycles. The van der Waals surface area contributed by atoms with Crippen LogP contribution in [0.4, 0.5) is 5.69 Å². The summed E-state index contributed by atoms with van der Waals surface area (Å²) in [6.07, 6.45) is 0.692. The fourth-order valence-corrected chi connectivity index (χ4v) is 5.47. The lowest BCUT2D eigenvalue weighted by Gasteiger charge is -2.19. The van der Waals surface area contributed by atoms with Gasteiger partial charge in [-0.1, -0.05) is 25.1 Å². The predicted molar refractivity (Wildman–Crippen MR) is 118 cm³/mol. The Balaban J connectivity index is 1.79. The lowest BCUT2D eigenvalue weighted by molar-refractivity contribution is 0.0923. The number of rotatable bonds is 2. The maximum absolute atomic E-state index is 13.2. The topological polar surface area (TPSA) is 88.9 Å². The van der Waals surface area contributed by atoms with Gasteiger partial charge in [-0.05, 0) is 56.3 Å². The van der Waals surface area contributed by atoms with Crippen LogP contribution in [-0.4, -0.2) is 30.5 Å². The molecule has 0 aliphatic carbocycles. The minimum absolute atomic E-state index is 0.0444. The number of halogens is 2. The second kappa shape index (κ2) is 6.61. The number of fused-ring (bicyclic) bond motifs is 3. The summed E-state index contributed by atoms with van der Waals surface area (Å²) < 4.78 is 9.75. The maximum Gasteiger partial charge on any atom is 0.286 e. The lowest BCUT2D eigenvalue weighted by atomic mass is 10.0. The van der Waals surface area contributed by atoms with Gasteiger partial charge >= 0.3 is 0 Å². The van der Waals surface area contributed by atoms with Gasteiger partial charge < -0.3 is 0 Å². The Kier molecular flexibility index (Phi) is 4.27. The summed E-state index contributed by atoms with van der Waals surface area (Å²) in [5, 5.41) is 0. The first-order valence-electron chi connectivity index (χ1n) is 8.72. The molecular formula is C19H11Br2N5O2S. The van der Waals surface area contributed by atoms with Crippen molar-refractivity contribution in [1.29, 1.82) is 0 Å². The van der Waals surface area contributed by atoms with Gasteiger partial charge in [0.05, 0.1) is 26.4 Å². The number of nitrogens with zero attached hydrogens (tertiary/aromatic N) is 5. The summed E-state index contributed by atoms with van der Waals surface area (Å²) in [6.45, 7) is 3.87. The minimum Gasteiger partial charge on any atom is -0.266 e. The predicted octanol–water partition coefficient (Wildman–Crippen LogP) is 4.83. The number of aryl methyl sites for hydroxylation is 2. The number of aromatic nitrogens is 4. The average molecular weight is 533 g/mol. The number of hydrogen-bond donors (Lipinski definition) is 0. The zero-order chi connectivity index (χ0) is 20.4. The number of hydrogen-bond acceptors (Lipinski definition) is 7. The smallest absolute Gasteiger partial charge is 0.266 e. The van der Waals surface area contributed by atoms with Crippen LogP contribution < -0.4 is 4.90 Å². The molecule has 7 nitrogen and oxygen atoms in total. The summed E-state index contributed by atoms with van der Waals surface area (Å²) in [4.78, 5) is 36.7. The van der Waals surface area contributed by atoms with E-state index in [-0.39, 0.29) is 11.4 Å². The number of benzene rings is 2. The van der Waals surface area contributed by atoms with Gasteiger partial charge in [0, 0.05) is 0 Å². The molecule has 3 heterocycles. The monoisotopic (exact) mass is 531 g/mol. The Morgan fingerprint density at radius 2 is 1.48 bits per heavy atom. The average Bonchev–Trinajstić information content (AvgIpc) is 3.30. The van der Waals surface area contributed by atoms with Gasteiger partial charge in [0.1, 0.15) is 22.1 Å². The van der Waals surface area contributed by atoms with Crippen LogP contribution in [0.3, 0.4) is 0 Å². The van der Waals surface area contributed by atoms with E-state index in [4.69, 9.17) is 0 Å². The van der Waals surface area contributed by atoms with E-state index in [1.807, 2.05) is 32.0 Å². The van der Waals surface area contributed by atoms with Crippen LogP contribution in [0, 0.1) is 6.92 Å². The molecule has 10 heteroatoms. The molecule has 0 spiro atoms. The van der Waals surface area contributed by atoms with E-state index in [1.54, 1.807) is 0 Å². The number of amides is 2. The number of carbonyl (C=O) groups excluding carboxylic acids is 2. The first kappa shape index (κ1) is 18.7. The Morgan fingerprint density at radius 3 is 2.00 bits per heavy atom. The van der Waals surface area contributed by atoms with Crippen LogP contribution in [0.15, 0.2) is 27.1 Å². The van der Waals surface area contributed by atoms with Crippen molar-refractivity contribution < 1.29 is 9.59 Å². The molecule has 2 aromatic heterocycles. The molecule has 4 aromatic rings. The molecule has 0 bridgehead atoms. The van der Waals surface area contributed by atoms with Gasteiger partial charge in [-0.25, -0.2) is 14.9 Å². The number of anilines is 1. The highest BCUT2D eigenvalue weighted by Gasteiger charge is 2.41. The summed E-state index contributed by atoms with van der Waals surface area (Å²) >= 11 is 8.08. The first-order valence-corrected chi connectivity index (χ1v) is 11.0. The molecule has 2 amide bonds. The SMILES string of the molecule is CCc1cccc(C)c1N1C(=O)c2nc3c(Br)c4nsnc4c(Br)c3nc2C1=O. The van der Waals surface area contributed by atoms with E-state index in [2.05, 4.69) is 50.6 Å². The summed E-state index contributed by atoms with van der Waals surface area (Å²) in [5.74, 6) is -0.939. The molecule has 0 radical (unpaired) electrons. The molecule has 29 heavy (non-hydrogen) atoms. The van der Waals surface area contributed by atoms with Crippen molar-refractivity contribution in [2.45, 2.75) is 20.3 Å². The van der Waals surface area contributed by atoms with Gasteiger partial charge in [0.2, 0.25) is 0 Å². The van der Waals surface area contributed by atoms with Crippen LogP contribution >= 0.6 is 43.6 Å². The maximum atomic E-state index is 13.2. The Bertz CT molecular complexity index is 1310. The highest BCUT2D eigenvalue weighted by Crippen LogP contribution is 2.39. The molecule has 1 aliphatic rings. The van der Waals surface area contributed by atoms with Crippen molar-refractivity contribution in [2.24, 2.45) is 0 Å². The molecule has 1 aliphatic heterocycles. The van der Waals surface area contributed by atoms with E-state index in [0.717, 1.165) is 22.9 Å². The number of imide groups is 1. The molecule has 0 unspecified atom stereocenters. The zero-order valence-corrected chi connectivity index (χ0v) is 19.1. The van der Waals surface area contributed by atoms with E-state index in [0.29, 0.717) is 43.1 Å². The summed E-state index contributed by atoms with van der Waals surface area (Å²) in [5.41, 5.74) is 4.63. The van der Waals surface area contributed by atoms with Crippen LogP contribution in [-0.2, 0) is 6.42 Å². The van der Waals surface area contributed by atoms with Gasteiger partial charge in [0.15, 0.2) is 11.4 Å². The highest BCUT2D eigenvalue weighted by atomic mass is 79.9. The van der Waals surface area contributed by atoms with Crippen molar-refractivity contribution >= 4 is 83.2 Å². The Labute approximate surface area is 185 Å². The Hall–Kier alpha value is -2.30. The molecular weight excluding hydrogens is 522 g/mol. The third-order valence-corrected chi connectivity index (χ3v) is 6.98. The van der Waals surface area contributed by atoms with Gasteiger partial charge in [-0.2, -0.15) is 8.75 Å². The zero-order valence-electron chi connectivity index (χ0n) is 15.2. The van der Waals surface area contributed by atoms with Crippen LogP contribution in [0.25, 0.3) is 22.1 Å². The van der Waals surface area contributed by atoms with Crippen molar-refractivity contribution in [1.82, 2.24) is 18.7 Å². The Morgan fingerprint density at radius 1 is 0.931 bits per heavy atom. The van der Waals surface area contributed by atoms with Crippen LogP contribution in [0.5, 0.6) is 0 Å². The molecule has 0 saturated heterocycles. The quantitative estimate of drug-likeness (QED) is 0.343. The number of para-hydroxylation sites is 1. The molecule has 2 aromatic carbocycles. The van der Waals surface area contributed by atoms with Crippen LogP contribution in [0.1, 0.15) is 39.0 Å². The second-order valence-electron chi connectivity index (χ2n) is 6.59. The lowest BCUT2D eigenvalue weighted by Crippen LogP contribution is -2.31. The molecule has 0 fully saturated rings. The fraction of sp³-hybridized carbons (Fsp3) is 0.158. The third-order valence-electron chi connectivity index (χ3n) is 4.95. The van der Waals surface area contributed by atoms with E-state index in [9.17, 15) is 9.59 Å². The van der Waals surface area contributed by atoms with E-state index in [1.165, 1.54) is 4.90 Å². The normalized spacial score (nSPS) is 13.7. The van der Waals surface area contributed by atoms with E-state index >= 15 is 0 Å². The van der Waals surface area contributed by atoms with Crippen LogP contribution in [0.2, 0.25) is 0 Å². The largest absolute Gasteiger partial charge is 0.286 e. The standard InChI is InChI=1S/C19H11Br2N5O2S/c1-3-8-6-4-5-7(2)17(8)26-18(27)15-16(19(26)28)23-12-10(21)14-13(24-29-25-14)9(20)11(12)22-15/h4-6H,3H2,1-2H3. The van der Waals surface area contributed by atoms with Gasteiger partial charge in [-0.3, -0.25) is 9.59 Å². The molecule has 5 rings (SSSR count). The summed E-state index contributed by atoms with van der Waals surface area (Å²) in [7, 11) is 0. The second-order valence-corrected chi connectivity index (χ2v) is 8.70. The van der Waals surface area contributed by atoms with Crippen molar-refractivity contribution in [2.75, 3.05) is 4.90 Å². The highest BCUT2D eigenvalue weighted by molar-refractivity contribution is 9.11. The van der Waals surface area contributed by atoms with E-state index < -0.39 is 11.8 Å². The first-order chi connectivity index (χ1) is 13.9. The fourth-order valence-electron chi connectivity index (χ4n) is 3.57.